The molecule has 0 aromatic carbocycles. The van der Waals surface area contributed by atoms with Crippen LogP contribution in [0.5, 0.6) is 0 Å². The van der Waals surface area contributed by atoms with E-state index >= 15 is 0 Å². The van der Waals surface area contributed by atoms with Crippen LogP contribution in [-0.2, 0) is 4.79 Å². The molecule has 1 nitrogen and oxygen atoms in total. The molecule has 0 saturated heterocycles. The fourth-order valence-electron chi connectivity index (χ4n) is 2.31. The normalized spacial score (nSPS) is 39.6. The minimum absolute atomic E-state index is 0.313. The van der Waals surface area contributed by atoms with Crippen molar-refractivity contribution in [1.82, 2.24) is 0 Å². The van der Waals surface area contributed by atoms with Crippen molar-refractivity contribution in [3.8, 4) is 0 Å². The molecular formula is C10H14O. The van der Waals surface area contributed by atoms with Crippen LogP contribution in [-0.4, -0.2) is 5.78 Å². The second-order valence-corrected chi connectivity index (χ2v) is 4.32. The monoisotopic (exact) mass is 150 g/mol. The second kappa shape index (κ2) is 1.96. The maximum absolute atomic E-state index is 11.0. The lowest BCUT2D eigenvalue weighted by Crippen LogP contribution is -1.97. The fourth-order valence-corrected chi connectivity index (χ4v) is 2.31. The van der Waals surface area contributed by atoms with E-state index in [-0.39, 0.29) is 0 Å². The number of carbonyl (C=O) groups excluding carboxylic acids is 1. The van der Waals surface area contributed by atoms with Crippen LogP contribution >= 0.6 is 0 Å². The summed E-state index contributed by atoms with van der Waals surface area (Å²) in [6.45, 7) is 4.59. The molecule has 0 aromatic rings. The summed E-state index contributed by atoms with van der Waals surface area (Å²) in [7, 11) is 0. The zero-order valence-electron chi connectivity index (χ0n) is 7.13. The molecule has 2 atom stereocenters. The van der Waals surface area contributed by atoms with Gasteiger partial charge < -0.3 is 0 Å². The third kappa shape index (κ3) is 0.943. The van der Waals surface area contributed by atoms with Crippen molar-refractivity contribution in [2.75, 3.05) is 0 Å². The maximum Gasteiger partial charge on any atom is 0.155 e. The predicted octanol–water partition coefficient (Wildman–Crippen LogP) is 2.18. The molecule has 2 aliphatic carbocycles. The summed E-state index contributed by atoms with van der Waals surface area (Å²) in [5.41, 5.74) is 0.483. The van der Waals surface area contributed by atoms with E-state index in [4.69, 9.17) is 0 Å². The standard InChI is InChI=1S/C10H14O/c1-10(2)8-5-3-7(11)4-6-9(8)10/h3,5,8-9H,4,6H2,1-2H3/t8-,9+/m0/s1. The summed E-state index contributed by atoms with van der Waals surface area (Å²) >= 11 is 0. The number of hydrogen-bond acceptors (Lipinski definition) is 1. The molecule has 2 aliphatic rings. The molecule has 0 aromatic heterocycles. The number of rotatable bonds is 0. The van der Waals surface area contributed by atoms with Gasteiger partial charge >= 0.3 is 0 Å². The molecule has 0 amide bonds. The molecule has 1 saturated carbocycles. The SMILES string of the molecule is CC1(C)[C@@H]2CCC(=O)C=C[C@@H]21. The van der Waals surface area contributed by atoms with Gasteiger partial charge in [0, 0.05) is 6.42 Å². The molecule has 0 unspecified atom stereocenters. The third-order valence-corrected chi connectivity index (χ3v) is 3.33. The first-order valence-electron chi connectivity index (χ1n) is 4.33. The molecule has 0 radical (unpaired) electrons. The van der Waals surface area contributed by atoms with Crippen LogP contribution in [0.1, 0.15) is 26.7 Å². The largest absolute Gasteiger partial charge is 0.295 e. The zero-order valence-corrected chi connectivity index (χ0v) is 7.13. The van der Waals surface area contributed by atoms with Crippen LogP contribution in [0.2, 0.25) is 0 Å². The van der Waals surface area contributed by atoms with E-state index in [1.807, 2.05) is 0 Å². The van der Waals surface area contributed by atoms with Gasteiger partial charge in [-0.25, -0.2) is 0 Å². The number of fused-ring (bicyclic) bond motifs is 1. The van der Waals surface area contributed by atoms with Gasteiger partial charge in [-0.1, -0.05) is 19.9 Å². The summed E-state index contributed by atoms with van der Waals surface area (Å²) in [5, 5.41) is 0. The highest BCUT2D eigenvalue weighted by Gasteiger charge is 2.55. The van der Waals surface area contributed by atoms with Gasteiger partial charge in [0.25, 0.3) is 0 Å². The summed E-state index contributed by atoms with van der Waals surface area (Å²) in [6.07, 6.45) is 5.75. The Morgan fingerprint density at radius 1 is 1.55 bits per heavy atom. The highest BCUT2D eigenvalue weighted by molar-refractivity contribution is 5.90. The Kier molecular flexibility index (Phi) is 1.26. The Morgan fingerprint density at radius 3 is 3.00 bits per heavy atom. The van der Waals surface area contributed by atoms with Gasteiger partial charge in [-0.05, 0) is 29.7 Å². The molecule has 0 spiro atoms. The van der Waals surface area contributed by atoms with Crippen molar-refractivity contribution in [3.63, 3.8) is 0 Å². The van der Waals surface area contributed by atoms with Crippen molar-refractivity contribution < 1.29 is 4.79 Å². The topological polar surface area (TPSA) is 17.1 Å². The highest BCUT2D eigenvalue weighted by atomic mass is 16.1. The van der Waals surface area contributed by atoms with E-state index in [0.29, 0.717) is 17.1 Å². The van der Waals surface area contributed by atoms with E-state index in [0.717, 1.165) is 18.8 Å². The Morgan fingerprint density at radius 2 is 2.27 bits per heavy atom. The van der Waals surface area contributed by atoms with Gasteiger partial charge in [-0.15, -0.1) is 0 Å². The quantitative estimate of drug-likeness (QED) is 0.517. The molecular weight excluding hydrogens is 136 g/mol. The van der Waals surface area contributed by atoms with Crippen LogP contribution in [0.25, 0.3) is 0 Å². The molecule has 1 fully saturated rings. The molecule has 60 valence electrons. The number of carbonyl (C=O) groups is 1. The highest BCUT2D eigenvalue weighted by Crippen LogP contribution is 2.61. The van der Waals surface area contributed by atoms with Gasteiger partial charge in [-0.2, -0.15) is 0 Å². The van der Waals surface area contributed by atoms with Crippen LogP contribution in [0.3, 0.4) is 0 Å². The van der Waals surface area contributed by atoms with Gasteiger partial charge in [-0.3, -0.25) is 4.79 Å². The van der Waals surface area contributed by atoms with E-state index in [1.165, 1.54) is 0 Å². The zero-order chi connectivity index (χ0) is 8.06. The predicted molar refractivity (Wildman–Crippen MR) is 44.1 cm³/mol. The summed E-state index contributed by atoms with van der Waals surface area (Å²) < 4.78 is 0. The Labute approximate surface area is 67.5 Å². The minimum atomic E-state index is 0.313. The summed E-state index contributed by atoms with van der Waals surface area (Å²) in [6, 6.07) is 0. The van der Waals surface area contributed by atoms with Gasteiger partial charge in [0.15, 0.2) is 5.78 Å². The van der Waals surface area contributed by atoms with Crippen molar-refractivity contribution in [2.45, 2.75) is 26.7 Å². The van der Waals surface area contributed by atoms with Crippen LogP contribution in [0.15, 0.2) is 12.2 Å². The summed E-state index contributed by atoms with van der Waals surface area (Å²) in [5.74, 6) is 1.78. The smallest absolute Gasteiger partial charge is 0.155 e. The van der Waals surface area contributed by atoms with Crippen molar-refractivity contribution >= 4 is 5.78 Å². The van der Waals surface area contributed by atoms with Crippen LogP contribution < -0.4 is 0 Å². The van der Waals surface area contributed by atoms with Crippen molar-refractivity contribution in [2.24, 2.45) is 17.3 Å². The molecule has 0 N–H and O–H groups in total. The first kappa shape index (κ1) is 7.08. The lowest BCUT2D eigenvalue weighted by atomic mass is 10.0. The van der Waals surface area contributed by atoms with Crippen LogP contribution in [0.4, 0.5) is 0 Å². The van der Waals surface area contributed by atoms with E-state index < -0.39 is 0 Å². The Hall–Kier alpha value is -0.590. The molecule has 0 bridgehead atoms. The minimum Gasteiger partial charge on any atom is -0.295 e. The van der Waals surface area contributed by atoms with E-state index in [1.54, 1.807) is 6.08 Å². The van der Waals surface area contributed by atoms with E-state index in [2.05, 4.69) is 19.9 Å². The van der Waals surface area contributed by atoms with Crippen LogP contribution in [0, 0.1) is 17.3 Å². The molecule has 0 heterocycles. The third-order valence-electron chi connectivity index (χ3n) is 3.33. The van der Waals surface area contributed by atoms with Gasteiger partial charge in [0.1, 0.15) is 0 Å². The van der Waals surface area contributed by atoms with Crippen molar-refractivity contribution in [1.29, 1.82) is 0 Å². The number of hydrogen-bond donors (Lipinski definition) is 0. The number of allylic oxidation sites excluding steroid dienone is 2. The Bertz CT molecular complexity index is 225. The summed E-state index contributed by atoms with van der Waals surface area (Å²) in [4.78, 5) is 11.0. The first-order chi connectivity index (χ1) is 5.12. The number of ketones is 1. The maximum atomic E-state index is 11.0. The molecule has 11 heavy (non-hydrogen) atoms. The second-order valence-electron chi connectivity index (χ2n) is 4.32. The average molecular weight is 150 g/mol. The first-order valence-corrected chi connectivity index (χ1v) is 4.33. The molecule has 0 aliphatic heterocycles. The van der Waals surface area contributed by atoms with Crippen molar-refractivity contribution in [3.05, 3.63) is 12.2 Å². The van der Waals surface area contributed by atoms with Gasteiger partial charge in [0.05, 0.1) is 0 Å². The lowest BCUT2D eigenvalue weighted by Gasteiger charge is -2.01. The fraction of sp³-hybridized carbons (Fsp3) is 0.700. The lowest BCUT2D eigenvalue weighted by molar-refractivity contribution is -0.114. The molecule has 1 heteroatoms. The van der Waals surface area contributed by atoms with E-state index in [9.17, 15) is 4.79 Å². The Balaban J connectivity index is 2.17. The average Bonchev–Trinajstić information content (AvgIpc) is 2.51. The van der Waals surface area contributed by atoms with Gasteiger partial charge in [0.2, 0.25) is 0 Å². The molecule has 2 rings (SSSR count).